The molecule has 40 heavy (non-hydrogen) atoms. The normalized spacial score (nSPS) is 13.7. The number of aromatic amines is 2. The van der Waals surface area contributed by atoms with Gasteiger partial charge in [-0.2, -0.15) is 5.10 Å². The molecule has 0 radical (unpaired) electrons. The van der Waals surface area contributed by atoms with Gasteiger partial charge in [-0.3, -0.25) is 15.1 Å². The number of anilines is 1. The number of aromatic nitrogens is 7. The molecule has 6 heterocycles. The highest BCUT2D eigenvalue weighted by Crippen LogP contribution is 2.32. The number of H-pyrrole nitrogens is 2. The largest absolute Gasteiger partial charge is 0.378 e. The van der Waals surface area contributed by atoms with Crippen LogP contribution in [-0.2, 0) is 4.74 Å². The van der Waals surface area contributed by atoms with E-state index in [2.05, 4.69) is 35.5 Å². The van der Waals surface area contributed by atoms with E-state index in [-0.39, 0.29) is 11.8 Å². The Morgan fingerprint density at radius 3 is 2.60 bits per heavy atom. The Bertz CT molecular complexity index is 1860. The van der Waals surface area contributed by atoms with Gasteiger partial charge in [0.1, 0.15) is 11.5 Å². The monoisotopic (exact) mass is 535 g/mol. The summed E-state index contributed by atoms with van der Waals surface area (Å²) in [5, 5.41) is 11.1. The molecular weight excluding hydrogens is 513 g/mol. The van der Waals surface area contributed by atoms with Crippen molar-refractivity contribution < 1.29 is 13.9 Å². The maximum atomic E-state index is 13.5. The van der Waals surface area contributed by atoms with Gasteiger partial charge in [-0.15, -0.1) is 0 Å². The van der Waals surface area contributed by atoms with Crippen LogP contribution in [0.1, 0.15) is 0 Å². The zero-order valence-corrected chi connectivity index (χ0v) is 21.1. The highest BCUT2D eigenvalue weighted by molar-refractivity contribution is 5.97. The second-order valence-corrected chi connectivity index (χ2v) is 9.36. The summed E-state index contributed by atoms with van der Waals surface area (Å²) in [5.74, 6) is 0.261. The zero-order chi connectivity index (χ0) is 27.1. The first kappa shape index (κ1) is 23.9. The third-order valence-corrected chi connectivity index (χ3v) is 6.82. The van der Waals surface area contributed by atoms with Crippen molar-refractivity contribution in [2.75, 3.05) is 31.6 Å². The molecule has 2 amide bonds. The van der Waals surface area contributed by atoms with Gasteiger partial charge < -0.3 is 19.9 Å². The van der Waals surface area contributed by atoms with Gasteiger partial charge in [-0.25, -0.2) is 19.2 Å². The van der Waals surface area contributed by atoms with Crippen LogP contribution in [0.4, 0.5) is 14.9 Å². The maximum absolute atomic E-state index is 13.5. The number of halogens is 1. The fourth-order valence-electron chi connectivity index (χ4n) is 4.77. The Morgan fingerprint density at radius 1 is 0.950 bits per heavy atom. The Hall–Kier alpha value is -5.23. The van der Waals surface area contributed by atoms with Crippen LogP contribution in [-0.4, -0.2) is 72.4 Å². The number of amides is 2. The van der Waals surface area contributed by atoms with E-state index in [1.54, 1.807) is 48.0 Å². The quantitative estimate of drug-likeness (QED) is 0.299. The molecule has 5 aromatic heterocycles. The van der Waals surface area contributed by atoms with Gasteiger partial charge in [0, 0.05) is 48.4 Å². The predicted molar refractivity (Wildman–Crippen MR) is 147 cm³/mol. The Morgan fingerprint density at radius 2 is 1.75 bits per heavy atom. The lowest BCUT2D eigenvalue weighted by molar-refractivity contribution is 0.0564. The molecule has 0 unspecified atom stereocenters. The van der Waals surface area contributed by atoms with E-state index in [0.29, 0.717) is 54.7 Å². The van der Waals surface area contributed by atoms with Crippen LogP contribution in [0.2, 0.25) is 0 Å². The third kappa shape index (κ3) is 4.39. The molecule has 0 spiro atoms. The van der Waals surface area contributed by atoms with Gasteiger partial charge in [0.25, 0.3) is 0 Å². The fraction of sp³-hybridized carbons (Fsp3) is 0.143. The number of nitrogens with one attached hydrogen (secondary N) is 3. The molecule has 0 bridgehead atoms. The molecule has 0 atom stereocenters. The Kier molecular flexibility index (Phi) is 5.86. The zero-order valence-electron chi connectivity index (χ0n) is 21.1. The minimum Gasteiger partial charge on any atom is -0.378 e. The number of ether oxygens (including phenoxy) is 1. The number of carbonyl (C=O) groups excluding carboxylic acids is 1. The average Bonchev–Trinajstić information content (AvgIpc) is 3.62. The van der Waals surface area contributed by atoms with Gasteiger partial charge in [-0.1, -0.05) is 12.1 Å². The number of rotatable bonds is 4. The molecule has 0 saturated carbocycles. The lowest BCUT2D eigenvalue weighted by Gasteiger charge is -2.26. The summed E-state index contributed by atoms with van der Waals surface area (Å²) in [6.07, 6.45) is 8.45. The summed E-state index contributed by atoms with van der Waals surface area (Å²) >= 11 is 0. The number of imidazole rings is 1. The summed E-state index contributed by atoms with van der Waals surface area (Å²) in [4.78, 5) is 35.7. The molecule has 1 fully saturated rings. The predicted octanol–water partition coefficient (Wildman–Crippen LogP) is 4.63. The maximum Gasteiger partial charge on any atom is 0.322 e. The van der Waals surface area contributed by atoms with Gasteiger partial charge in [0.05, 0.1) is 47.7 Å². The fourth-order valence-corrected chi connectivity index (χ4v) is 4.77. The molecule has 11 nitrogen and oxygen atoms in total. The average molecular weight is 536 g/mol. The molecule has 7 rings (SSSR count). The number of fused-ring (bicyclic) bond motifs is 2. The van der Waals surface area contributed by atoms with Crippen molar-refractivity contribution >= 4 is 33.8 Å². The van der Waals surface area contributed by atoms with Gasteiger partial charge in [0.2, 0.25) is 0 Å². The number of hydrogen-bond donors (Lipinski definition) is 3. The van der Waals surface area contributed by atoms with Crippen LogP contribution in [0.5, 0.6) is 0 Å². The number of morpholine rings is 1. The number of urea groups is 1. The van der Waals surface area contributed by atoms with E-state index >= 15 is 0 Å². The summed E-state index contributed by atoms with van der Waals surface area (Å²) in [5.41, 5.74) is 6.39. The van der Waals surface area contributed by atoms with Crippen molar-refractivity contribution in [1.29, 1.82) is 0 Å². The Labute approximate surface area is 226 Å². The topological polar surface area (TPSA) is 138 Å². The van der Waals surface area contributed by atoms with Crippen molar-refractivity contribution in [3.8, 4) is 33.8 Å². The van der Waals surface area contributed by atoms with E-state index in [0.717, 1.165) is 33.2 Å². The van der Waals surface area contributed by atoms with Gasteiger partial charge in [-0.05, 0) is 29.8 Å². The van der Waals surface area contributed by atoms with E-state index in [4.69, 9.17) is 9.72 Å². The SMILES string of the molecule is O=C(Nc1cncc(-c2cnc3n[nH]c(-c4nc5c(-c6ccc(F)cc6)cncc5[nH]4)c3c2)c1)N1CCOCC1. The van der Waals surface area contributed by atoms with Gasteiger partial charge >= 0.3 is 6.03 Å². The molecule has 198 valence electrons. The summed E-state index contributed by atoms with van der Waals surface area (Å²) in [7, 11) is 0. The number of hydrogen-bond acceptors (Lipinski definition) is 7. The molecule has 1 aromatic carbocycles. The molecule has 6 aromatic rings. The number of pyridine rings is 3. The second kappa shape index (κ2) is 9.82. The highest BCUT2D eigenvalue weighted by Gasteiger charge is 2.18. The summed E-state index contributed by atoms with van der Waals surface area (Å²) in [6.45, 7) is 2.15. The molecule has 3 N–H and O–H groups in total. The first-order chi connectivity index (χ1) is 19.6. The summed E-state index contributed by atoms with van der Waals surface area (Å²) < 4.78 is 18.8. The van der Waals surface area contributed by atoms with Crippen molar-refractivity contribution in [2.45, 2.75) is 0 Å². The van der Waals surface area contributed by atoms with Crippen molar-refractivity contribution in [2.24, 2.45) is 0 Å². The first-order valence-electron chi connectivity index (χ1n) is 12.7. The van der Waals surface area contributed by atoms with E-state index in [9.17, 15) is 9.18 Å². The van der Waals surface area contributed by atoms with E-state index in [1.165, 1.54) is 12.1 Å². The second-order valence-electron chi connectivity index (χ2n) is 9.36. The molecule has 1 saturated heterocycles. The first-order valence-corrected chi connectivity index (χ1v) is 12.7. The lowest BCUT2D eigenvalue weighted by atomic mass is 10.1. The number of carbonyl (C=O) groups is 1. The van der Waals surface area contributed by atoms with Crippen LogP contribution in [0, 0.1) is 5.82 Å². The molecule has 12 heteroatoms. The minimum atomic E-state index is -0.306. The van der Waals surface area contributed by atoms with Crippen molar-refractivity contribution in [1.82, 2.24) is 40.0 Å². The van der Waals surface area contributed by atoms with E-state index in [1.807, 2.05) is 12.1 Å². The van der Waals surface area contributed by atoms with Crippen LogP contribution in [0.25, 0.3) is 55.8 Å². The van der Waals surface area contributed by atoms with Gasteiger partial charge in [0.15, 0.2) is 11.5 Å². The number of benzene rings is 1. The van der Waals surface area contributed by atoms with Crippen molar-refractivity contribution in [3.63, 3.8) is 0 Å². The summed E-state index contributed by atoms with van der Waals surface area (Å²) in [6, 6.07) is 9.85. The van der Waals surface area contributed by atoms with Crippen LogP contribution in [0.3, 0.4) is 0 Å². The van der Waals surface area contributed by atoms with Crippen LogP contribution < -0.4 is 5.32 Å². The third-order valence-electron chi connectivity index (χ3n) is 6.82. The molecular formula is C28H22FN9O2. The minimum absolute atomic E-state index is 0.188. The van der Waals surface area contributed by atoms with Crippen LogP contribution >= 0.6 is 0 Å². The number of nitrogens with zero attached hydrogens (tertiary/aromatic N) is 6. The van der Waals surface area contributed by atoms with E-state index < -0.39 is 0 Å². The Balaban J connectivity index is 1.22. The highest BCUT2D eigenvalue weighted by atomic mass is 19.1. The lowest BCUT2D eigenvalue weighted by Crippen LogP contribution is -2.43. The van der Waals surface area contributed by atoms with Crippen LogP contribution in [0.15, 0.2) is 67.4 Å². The molecule has 1 aliphatic rings. The molecule has 0 aliphatic carbocycles. The molecule has 1 aliphatic heterocycles. The smallest absolute Gasteiger partial charge is 0.322 e. The van der Waals surface area contributed by atoms with Crippen molar-refractivity contribution in [3.05, 3.63) is 73.2 Å². The standard InChI is InChI=1S/C28H22FN9O2/c29-19-3-1-16(2-4-19)22-14-31-15-23-24(22)35-27(34-23)25-21-10-18(12-32-26(21)37-36-25)17-9-20(13-30-11-17)33-28(39)38-5-7-40-8-6-38/h1-4,9-15H,5-8H2,(H,33,39)(H,34,35)(H,32,36,37).